The van der Waals surface area contributed by atoms with E-state index in [0.29, 0.717) is 24.6 Å². The molecule has 40 heavy (non-hydrogen) atoms. The summed E-state index contributed by atoms with van der Waals surface area (Å²) in [4.78, 5) is 52.8. The number of benzene rings is 1. The first-order chi connectivity index (χ1) is 19.0. The zero-order valence-corrected chi connectivity index (χ0v) is 25.3. The SMILES string of the molecule is CCCC(CC)C(CC(C)=C1CCC1)NC(=O)C1CCCN1C(=O)C(C)NC(=O)c1ccc(NC(C)=O)c(Cl)c1. The van der Waals surface area contributed by atoms with Crippen molar-refractivity contribution in [1.82, 2.24) is 15.5 Å². The van der Waals surface area contributed by atoms with Crippen LogP contribution in [-0.4, -0.2) is 53.2 Å². The fourth-order valence-corrected chi connectivity index (χ4v) is 6.00. The summed E-state index contributed by atoms with van der Waals surface area (Å²) in [5.74, 6) is -0.720. The zero-order valence-electron chi connectivity index (χ0n) is 24.6. The van der Waals surface area contributed by atoms with E-state index >= 15 is 0 Å². The lowest BCUT2D eigenvalue weighted by Gasteiger charge is -2.33. The number of nitrogens with zero attached hydrogens (tertiary/aromatic N) is 1. The van der Waals surface area contributed by atoms with Crippen LogP contribution in [0.15, 0.2) is 29.3 Å². The summed E-state index contributed by atoms with van der Waals surface area (Å²) >= 11 is 6.21. The molecular weight excluding hydrogens is 528 g/mol. The molecule has 220 valence electrons. The van der Waals surface area contributed by atoms with Gasteiger partial charge in [-0.2, -0.15) is 0 Å². The van der Waals surface area contributed by atoms with E-state index in [9.17, 15) is 19.2 Å². The molecule has 0 spiro atoms. The number of likely N-dealkylation sites (tertiary alicyclic amines) is 1. The molecule has 1 aliphatic heterocycles. The Morgan fingerprint density at radius 2 is 1.80 bits per heavy atom. The minimum Gasteiger partial charge on any atom is -0.351 e. The molecule has 1 aromatic carbocycles. The average Bonchev–Trinajstić information content (AvgIpc) is 3.36. The molecule has 1 saturated carbocycles. The second-order valence-corrected chi connectivity index (χ2v) is 11.7. The van der Waals surface area contributed by atoms with Gasteiger partial charge in [0.2, 0.25) is 17.7 Å². The molecule has 4 atom stereocenters. The molecule has 0 bridgehead atoms. The summed E-state index contributed by atoms with van der Waals surface area (Å²) in [5.41, 5.74) is 3.60. The second kappa shape index (κ2) is 14.7. The fourth-order valence-electron chi connectivity index (χ4n) is 5.77. The third kappa shape index (κ3) is 8.09. The lowest BCUT2D eigenvalue weighted by molar-refractivity contribution is -0.140. The highest BCUT2D eigenvalue weighted by Crippen LogP contribution is 2.32. The van der Waals surface area contributed by atoms with Crippen LogP contribution in [0.1, 0.15) is 103 Å². The largest absolute Gasteiger partial charge is 0.351 e. The van der Waals surface area contributed by atoms with E-state index in [1.165, 1.54) is 36.6 Å². The lowest BCUT2D eigenvalue weighted by Crippen LogP contribution is -2.54. The summed E-state index contributed by atoms with van der Waals surface area (Å²) in [6, 6.07) is 3.22. The maximum absolute atomic E-state index is 13.6. The first-order valence-electron chi connectivity index (χ1n) is 14.7. The van der Waals surface area contributed by atoms with E-state index in [1.807, 2.05) is 0 Å². The first-order valence-corrected chi connectivity index (χ1v) is 15.1. The van der Waals surface area contributed by atoms with Crippen molar-refractivity contribution in [2.75, 3.05) is 11.9 Å². The van der Waals surface area contributed by atoms with Gasteiger partial charge in [0.05, 0.1) is 10.7 Å². The molecule has 3 rings (SSSR count). The summed E-state index contributed by atoms with van der Waals surface area (Å²) in [6.45, 7) is 10.0. The molecule has 2 aliphatic rings. The third-order valence-electron chi connectivity index (χ3n) is 8.27. The summed E-state index contributed by atoms with van der Waals surface area (Å²) in [5, 5.41) is 8.91. The quantitative estimate of drug-likeness (QED) is 0.283. The van der Waals surface area contributed by atoms with E-state index in [1.54, 1.807) is 17.9 Å². The predicted octanol–water partition coefficient (Wildman–Crippen LogP) is 5.61. The molecule has 1 aromatic rings. The highest BCUT2D eigenvalue weighted by molar-refractivity contribution is 6.34. The van der Waals surface area contributed by atoms with E-state index in [-0.39, 0.29) is 34.3 Å². The Bertz CT molecular complexity index is 1130. The van der Waals surface area contributed by atoms with Crippen molar-refractivity contribution < 1.29 is 19.2 Å². The molecular formula is C31H45ClN4O4. The maximum Gasteiger partial charge on any atom is 0.251 e. The number of hydrogen-bond acceptors (Lipinski definition) is 4. The Kier molecular flexibility index (Phi) is 11.6. The van der Waals surface area contributed by atoms with Crippen molar-refractivity contribution >= 4 is 40.9 Å². The molecule has 0 radical (unpaired) electrons. The summed E-state index contributed by atoms with van der Waals surface area (Å²) in [7, 11) is 0. The molecule has 3 N–H and O–H groups in total. The van der Waals surface area contributed by atoms with Gasteiger partial charge in [0.25, 0.3) is 5.91 Å². The minimum atomic E-state index is -0.820. The van der Waals surface area contributed by atoms with Gasteiger partial charge in [0.1, 0.15) is 12.1 Å². The Morgan fingerprint density at radius 1 is 1.07 bits per heavy atom. The van der Waals surface area contributed by atoms with Crippen molar-refractivity contribution in [2.24, 2.45) is 5.92 Å². The monoisotopic (exact) mass is 572 g/mol. The molecule has 4 amide bonds. The normalized spacial score (nSPS) is 18.8. The number of carbonyl (C=O) groups excluding carboxylic acids is 4. The zero-order chi connectivity index (χ0) is 29.4. The smallest absolute Gasteiger partial charge is 0.251 e. The van der Waals surface area contributed by atoms with Crippen LogP contribution in [0.3, 0.4) is 0 Å². The van der Waals surface area contributed by atoms with Crippen LogP contribution < -0.4 is 16.0 Å². The Hall–Kier alpha value is -2.87. The van der Waals surface area contributed by atoms with Crippen LogP contribution in [-0.2, 0) is 14.4 Å². The Labute approximate surface area is 243 Å². The van der Waals surface area contributed by atoms with Crippen molar-refractivity contribution in [3.8, 4) is 0 Å². The van der Waals surface area contributed by atoms with Crippen LogP contribution in [0.4, 0.5) is 5.69 Å². The molecule has 1 aliphatic carbocycles. The van der Waals surface area contributed by atoms with Crippen LogP contribution in [0.2, 0.25) is 5.02 Å². The molecule has 1 saturated heterocycles. The second-order valence-electron chi connectivity index (χ2n) is 11.3. The number of anilines is 1. The van der Waals surface area contributed by atoms with Crippen LogP contribution in [0.25, 0.3) is 0 Å². The Balaban J connectivity index is 1.66. The third-order valence-corrected chi connectivity index (χ3v) is 8.58. The predicted molar refractivity (Wildman–Crippen MR) is 159 cm³/mol. The van der Waals surface area contributed by atoms with Gasteiger partial charge >= 0.3 is 0 Å². The van der Waals surface area contributed by atoms with Crippen molar-refractivity contribution in [1.29, 1.82) is 0 Å². The van der Waals surface area contributed by atoms with Crippen LogP contribution >= 0.6 is 11.6 Å². The van der Waals surface area contributed by atoms with E-state index < -0.39 is 18.0 Å². The van der Waals surface area contributed by atoms with E-state index in [4.69, 9.17) is 11.6 Å². The van der Waals surface area contributed by atoms with Crippen LogP contribution in [0.5, 0.6) is 0 Å². The molecule has 9 heteroatoms. The molecule has 4 unspecified atom stereocenters. The van der Waals surface area contributed by atoms with Crippen molar-refractivity contribution in [3.63, 3.8) is 0 Å². The maximum atomic E-state index is 13.6. The number of amides is 4. The molecule has 0 aromatic heterocycles. The number of rotatable bonds is 12. The molecule has 2 fully saturated rings. The van der Waals surface area contributed by atoms with Crippen molar-refractivity contribution in [2.45, 2.75) is 111 Å². The Morgan fingerprint density at radius 3 is 2.38 bits per heavy atom. The number of hydrogen-bond donors (Lipinski definition) is 3. The number of halogens is 1. The van der Waals surface area contributed by atoms with Gasteiger partial charge in [-0.1, -0.05) is 49.4 Å². The van der Waals surface area contributed by atoms with Gasteiger partial charge in [0.15, 0.2) is 0 Å². The minimum absolute atomic E-state index is 0.0467. The summed E-state index contributed by atoms with van der Waals surface area (Å²) < 4.78 is 0. The van der Waals surface area contributed by atoms with E-state index in [0.717, 1.165) is 44.9 Å². The highest BCUT2D eigenvalue weighted by Gasteiger charge is 2.38. The number of allylic oxidation sites excluding steroid dienone is 1. The van der Waals surface area contributed by atoms with Gasteiger partial charge < -0.3 is 20.9 Å². The topological polar surface area (TPSA) is 108 Å². The van der Waals surface area contributed by atoms with Gasteiger partial charge in [0, 0.05) is 25.1 Å². The average molecular weight is 573 g/mol. The number of nitrogens with one attached hydrogen (secondary N) is 3. The van der Waals surface area contributed by atoms with Gasteiger partial charge in [-0.25, -0.2) is 0 Å². The van der Waals surface area contributed by atoms with Crippen LogP contribution in [0, 0.1) is 5.92 Å². The highest BCUT2D eigenvalue weighted by atomic mass is 35.5. The van der Waals surface area contributed by atoms with Gasteiger partial charge in [-0.3, -0.25) is 19.2 Å². The summed E-state index contributed by atoms with van der Waals surface area (Å²) in [6.07, 6.45) is 8.89. The van der Waals surface area contributed by atoms with E-state index in [2.05, 4.69) is 36.7 Å². The number of carbonyl (C=O) groups is 4. The first kappa shape index (κ1) is 31.7. The molecule has 8 nitrogen and oxygen atoms in total. The standard InChI is InChI=1S/C31H45ClN4O4/c1-6-10-22(7-2)27(17-19(3)23-11-8-12-23)35-30(39)28-13-9-16-36(28)31(40)20(4)33-29(38)24-14-15-26(25(32)18-24)34-21(5)37/h14-15,18,20,22,27-28H,6-13,16-17H2,1-5H3,(H,33,38)(H,34,37)(H,35,39). The van der Waals surface area contributed by atoms with Gasteiger partial charge in [-0.15, -0.1) is 0 Å². The lowest BCUT2D eigenvalue weighted by atomic mass is 9.82. The fraction of sp³-hybridized carbons (Fsp3) is 0.613. The molecule has 1 heterocycles. The van der Waals surface area contributed by atoms with Crippen molar-refractivity contribution in [3.05, 3.63) is 39.9 Å². The van der Waals surface area contributed by atoms with Gasteiger partial charge in [-0.05, 0) is 82.9 Å².